The molecule has 1 aliphatic carbocycles. The summed E-state index contributed by atoms with van der Waals surface area (Å²) in [5, 5.41) is 8.97. The highest BCUT2D eigenvalue weighted by atomic mass is 16.4. The highest BCUT2D eigenvalue weighted by molar-refractivity contribution is 5.99. The van der Waals surface area contributed by atoms with Gasteiger partial charge in [0, 0.05) is 11.5 Å². The molecule has 0 aliphatic heterocycles. The Hall–Kier alpha value is -1.64. The molecule has 1 aromatic rings. The van der Waals surface area contributed by atoms with Crippen molar-refractivity contribution in [2.24, 2.45) is 11.8 Å². The fourth-order valence-corrected chi connectivity index (χ4v) is 2.67. The van der Waals surface area contributed by atoms with Crippen LogP contribution in [0.5, 0.6) is 0 Å². The molecule has 1 aromatic carbocycles. The standard InChI is InChI=1S/C15H18O3/c1-9-3-4-10(2)13(7-9)14(16)11-5-6-12(8-11)15(17)18/h3-4,7,11-12H,5-6,8H2,1-2H3,(H,17,18)/t11-,12+/m1/s1. The maximum absolute atomic E-state index is 12.4. The number of carboxylic acid groups (broad SMARTS) is 1. The minimum absolute atomic E-state index is 0.111. The van der Waals surface area contributed by atoms with Crippen LogP contribution in [0, 0.1) is 25.7 Å². The first-order chi connectivity index (χ1) is 8.49. The molecule has 2 rings (SSSR count). The Morgan fingerprint density at radius 3 is 2.44 bits per heavy atom. The number of rotatable bonds is 3. The molecule has 1 fully saturated rings. The molecule has 0 heterocycles. The number of benzene rings is 1. The van der Waals surface area contributed by atoms with E-state index in [1.54, 1.807) is 0 Å². The molecule has 3 nitrogen and oxygen atoms in total. The molecule has 96 valence electrons. The van der Waals surface area contributed by atoms with Crippen molar-refractivity contribution in [1.29, 1.82) is 0 Å². The Labute approximate surface area is 107 Å². The summed E-state index contributed by atoms with van der Waals surface area (Å²) in [7, 11) is 0. The van der Waals surface area contributed by atoms with Crippen LogP contribution in [0.2, 0.25) is 0 Å². The third-order valence-corrected chi connectivity index (χ3v) is 3.81. The second kappa shape index (κ2) is 4.92. The lowest BCUT2D eigenvalue weighted by Gasteiger charge is -2.11. The third-order valence-electron chi connectivity index (χ3n) is 3.81. The smallest absolute Gasteiger partial charge is 0.306 e. The molecule has 0 saturated heterocycles. The van der Waals surface area contributed by atoms with Crippen molar-refractivity contribution >= 4 is 11.8 Å². The van der Waals surface area contributed by atoms with Gasteiger partial charge in [0.2, 0.25) is 0 Å². The Balaban J connectivity index is 2.17. The largest absolute Gasteiger partial charge is 0.481 e. The van der Waals surface area contributed by atoms with Gasteiger partial charge in [0.05, 0.1) is 5.92 Å². The monoisotopic (exact) mass is 246 g/mol. The van der Waals surface area contributed by atoms with E-state index >= 15 is 0 Å². The van der Waals surface area contributed by atoms with Crippen LogP contribution >= 0.6 is 0 Å². The van der Waals surface area contributed by atoms with Crippen molar-refractivity contribution < 1.29 is 14.7 Å². The summed E-state index contributed by atoms with van der Waals surface area (Å²) in [6.45, 7) is 3.89. The van der Waals surface area contributed by atoms with Crippen LogP contribution in [-0.2, 0) is 4.79 Å². The van der Waals surface area contributed by atoms with Crippen molar-refractivity contribution in [3.63, 3.8) is 0 Å². The average molecular weight is 246 g/mol. The number of aryl methyl sites for hydroxylation is 2. The van der Waals surface area contributed by atoms with Gasteiger partial charge in [0.15, 0.2) is 5.78 Å². The van der Waals surface area contributed by atoms with Gasteiger partial charge in [0.25, 0.3) is 0 Å². The minimum atomic E-state index is -0.772. The van der Waals surface area contributed by atoms with E-state index in [2.05, 4.69) is 0 Å². The van der Waals surface area contributed by atoms with Crippen LogP contribution in [0.1, 0.15) is 40.7 Å². The molecule has 1 N–H and O–H groups in total. The molecule has 0 bridgehead atoms. The summed E-state index contributed by atoms with van der Waals surface area (Å²) >= 11 is 0. The van der Waals surface area contributed by atoms with Gasteiger partial charge >= 0.3 is 5.97 Å². The molecule has 3 heteroatoms. The number of carbonyl (C=O) groups excluding carboxylic acids is 1. The summed E-state index contributed by atoms with van der Waals surface area (Å²) in [5.41, 5.74) is 2.80. The summed E-state index contributed by atoms with van der Waals surface area (Å²) < 4.78 is 0. The number of aliphatic carboxylic acids is 1. The van der Waals surface area contributed by atoms with E-state index in [0.717, 1.165) is 16.7 Å². The molecule has 0 aromatic heterocycles. The average Bonchev–Trinajstić information content (AvgIpc) is 2.81. The van der Waals surface area contributed by atoms with Crippen LogP contribution in [0.25, 0.3) is 0 Å². The first-order valence-electron chi connectivity index (χ1n) is 6.33. The zero-order valence-electron chi connectivity index (χ0n) is 10.8. The van der Waals surface area contributed by atoms with Crippen molar-refractivity contribution in [2.75, 3.05) is 0 Å². The topological polar surface area (TPSA) is 54.4 Å². The van der Waals surface area contributed by atoms with Crippen LogP contribution in [0.3, 0.4) is 0 Å². The Morgan fingerprint density at radius 2 is 1.83 bits per heavy atom. The van der Waals surface area contributed by atoms with E-state index in [1.807, 2.05) is 32.0 Å². The zero-order valence-corrected chi connectivity index (χ0v) is 10.8. The predicted octanol–water partition coefficient (Wildman–Crippen LogP) is 2.99. The molecule has 1 saturated carbocycles. The summed E-state index contributed by atoms with van der Waals surface area (Å²) in [6.07, 6.45) is 1.81. The molecule has 1 aliphatic rings. The van der Waals surface area contributed by atoms with E-state index in [-0.39, 0.29) is 17.6 Å². The van der Waals surface area contributed by atoms with Crippen LogP contribution in [0.4, 0.5) is 0 Å². The van der Waals surface area contributed by atoms with Gasteiger partial charge in [-0.2, -0.15) is 0 Å². The third kappa shape index (κ3) is 2.45. The van der Waals surface area contributed by atoms with Gasteiger partial charge < -0.3 is 5.11 Å². The maximum Gasteiger partial charge on any atom is 0.306 e. The van der Waals surface area contributed by atoms with Gasteiger partial charge in [-0.15, -0.1) is 0 Å². The highest BCUT2D eigenvalue weighted by Gasteiger charge is 2.34. The molecule has 0 amide bonds. The first kappa shape index (κ1) is 12.8. The van der Waals surface area contributed by atoms with Gasteiger partial charge in [-0.25, -0.2) is 0 Å². The van der Waals surface area contributed by atoms with Gasteiger partial charge in [0.1, 0.15) is 0 Å². The van der Waals surface area contributed by atoms with E-state index in [1.165, 1.54) is 0 Å². The van der Waals surface area contributed by atoms with E-state index in [9.17, 15) is 9.59 Å². The maximum atomic E-state index is 12.4. The quantitative estimate of drug-likeness (QED) is 0.834. The Kier molecular flexibility index (Phi) is 3.50. The molecule has 18 heavy (non-hydrogen) atoms. The zero-order chi connectivity index (χ0) is 13.3. The molecule has 0 unspecified atom stereocenters. The summed E-state index contributed by atoms with van der Waals surface area (Å²) in [6, 6.07) is 5.85. The van der Waals surface area contributed by atoms with Crippen LogP contribution < -0.4 is 0 Å². The van der Waals surface area contributed by atoms with Crippen molar-refractivity contribution in [1.82, 2.24) is 0 Å². The van der Waals surface area contributed by atoms with Crippen molar-refractivity contribution in [2.45, 2.75) is 33.1 Å². The molecule has 2 atom stereocenters. The Morgan fingerprint density at radius 1 is 1.17 bits per heavy atom. The molecular formula is C15H18O3. The predicted molar refractivity (Wildman–Crippen MR) is 68.7 cm³/mol. The van der Waals surface area contributed by atoms with Crippen molar-refractivity contribution in [3.8, 4) is 0 Å². The highest BCUT2D eigenvalue weighted by Crippen LogP contribution is 2.34. The second-order valence-electron chi connectivity index (χ2n) is 5.23. The fourth-order valence-electron chi connectivity index (χ4n) is 2.67. The van der Waals surface area contributed by atoms with Gasteiger partial charge in [-0.05, 0) is 44.7 Å². The number of ketones is 1. The Bertz CT molecular complexity index is 491. The van der Waals surface area contributed by atoms with Gasteiger partial charge in [-0.3, -0.25) is 9.59 Å². The number of hydrogen-bond acceptors (Lipinski definition) is 2. The van der Waals surface area contributed by atoms with E-state index in [4.69, 9.17) is 5.11 Å². The van der Waals surface area contributed by atoms with Crippen molar-refractivity contribution in [3.05, 3.63) is 34.9 Å². The SMILES string of the molecule is Cc1ccc(C)c(C(=O)[C@@H]2CC[C@H](C(=O)O)C2)c1. The van der Waals surface area contributed by atoms with Crippen LogP contribution in [-0.4, -0.2) is 16.9 Å². The normalized spacial score (nSPS) is 23.0. The molecular weight excluding hydrogens is 228 g/mol. The molecule has 0 radical (unpaired) electrons. The summed E-state index contributed by atoms with van der Waals surface area (Å²) in [4.78, 5) is 23.3. The van der Waals surface area contributed by atoms with Crippen LogP contribution in [0.15, 0.2) is 18.2 Å². The van der Waals surface area contributed by atoms with Gasteiger partial charge in [-0.1, -0.05) is 17.7 Å². The summed E-state index contributed by atoms with van der Waals surface area (Å²) in [5.74, 6) is -1.12. The number of carbonyl (C=O) groups is 2. The lowest BCUT2D eigenvalue weighted by atomic mass is 9.91. The number of Topliss-reactive ketones (excluding diaryl/α,β-unsaturated/α-hetero) is 1. The minimum Gasteiger partial charge on any atom is -0.481 e. The second-order valence-corrected chi connectivity index (χ2v) is 5.23. The van der Waals surface area contributed by atoms with E-state index in [0.29, 0.717) is 19.3 Å². The number of hydrogen-bond donors (Lipinski definition) is 1. The molecule has 0 spiro atoms. The fraction of sp³-hybridized carbons (Fsp3) is 0.467. The number of carboxylic acids is 1. The van der Waals surface area contributed by atoms with E-state index < -0.39 is 5.97 Å². The lowest BCUT2D eigenvalue weighted by molar-refractivity contribution is -0.141. The first-order valence-corrected chi connectivity index (χ1v) is 6.33. The lowest BCUT2D eigenvalue weighted by Crippen LogP contribution is -2.15.